The second kappa shape index (κ2) is 10.5. The van der Waals surface area contributed by atoms with E-state index in [1.54, 1.807) is 0 Å². The molecule has 0 bridgehead atoms. The lowest BCUT2D eigenvalue weighted by Crippen LogP contribution is -2.13. The smallest absolute Gasteiger partial charge is 0.175 e. The van der Waals surface area contributed by atoms with Gasteiger partial charge in [-0.05, 0) is 57.7 Å². The third kappa shape index (κ3) is 5.74. The number of ether oxygens (including phenoxy) is 2. The zero-order valence-electron chi connectivity index (χ0n) is 15.8. The fraction of sp³-hybridized carbons (Fsp3) is 0.217. The van der Waals surface area contributed by atoms with Gasteiger partial charge in [0, 0.05) is 18.1 Å². The van der Waals surface area contributed by atoms with E-state index in [-0.39, 0.29) is 0 Å². The Morgan fingerprint density at radius 1 is 0.893 bits per heavy atom. The summed E-state index contributed by atoms with van der Waals surface area (Å²) in [7, 11) is 0. The first-order valence-electron chi connectivity index (χ1n) is 9.23. The summed E-state index contributed by atoms with van der Waals surface area (Å²) in [6.45, 7) is 4.43. The van der Waals surface area contributed by atoms with Gasteiger partial charge in [-0.25, -0.2) is 0 Å². The fourth-order valence-electron chi connectivity index (χ4n) is 2.84. The van der Waals surface area contributed by atoms with Gasteiger partial charge in [-0.2, -0.15) is 0 Å². The average molecular weight is 461 g/mol. The lowest BCUT2D eigenvalue weighted by Gasteiger charge is -2.16. The highest BCUT2D eigenvalue weighted by Crippen LogP contribution is 2.37. The molecule has 0 heterocycles. The molecule has 146 valence electrons. The van der Waals surface area contributed by atoms with Crippen LogP contribution in [0.2, 0.25) is 5.02 Å². The number of benzene rings is 3. The minimum absolute atomic E-state index is 0.490. The van der Waals surface area contributed by atoms with E-state index >= 15 is 0 Å². The highest BCUT2D eigenvalue weighted by atomic mass is 79.9. The van der Waals surface area contributed by atoms with Gasteiger partial charge in [0.1, 0.15) is 6.61 Å². The van der Waals surface area contributed by atoms with E-state index < -0.39 is 0 Å². The van der Waals surface area contributed by atoms with Gasteiger partial charge in [-0.1, -0.05) is 60.1 Å². The van der Waals surface area contributed by atoms with E-state index in [4.69, 9.17) is 21.1 Å². The molecule has 1 N–H and O–H groups in total. The molecule has 0 aliphatic carbocycles. The highest BCUT2D eigenvalue weighted by Gasteiger charge is 2.13. The molecule has 28 heavy (non-hydrogen) atoms. The second-order valence-electron chi connectivity index (χ2n) is 6.31. The molecule has 0 saturated heterocycles. The van der Waals surface area contributed by atoms with Crippen LogP contribution in [0, 0.1) is 0 Å². The largest absolute Gasteiger partial charge is 0.490 e. The van der Waals surface area contributed by atoms with Gasteiger partial charge in [-0.3, -0.25) is 0 Å². The quantitative estimate of drug-likeness (QED) is 0.402. The maximum atomic E-state index is 6.22. The third-order valence-electron chi connectivity index (χ3n) is 4.20. The molecule has 0 unspecified atom stereocenters. The van der Waals surface area contributed by atoms with Gasteiger partial charge in [0.2, 0.25) is 0 Å². The van der Waals surface area contributed by atoms with Crippen molar-refractivity contribution in [2.24, 2.45) is 0 Å². The molecule has 0 aromatic heterocycles. The zero-order chi connectivity index (χ0) is 19.8. The SMILES string of the molecule is CCOc1cc(CNCc2ccccc2Cl)cc(Br)c1OCc1ccccc1. The van der Waals surface area contributed by atoms with E-state index in [1.165, 1.54) is 0 Å². The monoisotopic (exact) mass is 459 g/mol. The van der Waals surface area contributed by atoms with Crippen molar-refractivity contribution in [2.75, 3.05) is 6.61 Å². The molecule has 0 aliphatic rings. The van der Waals surface area contributed by atoms with Crippen LogP contribution in [-0.4, -0.2) is 6.61 Å². The van der Waals surface area contributed by atoms with Crippen molar-refractivity contribution >= 4 is 27.5 Å². The Labute approximate surface area is 179 Å². The first kappa shape index (κ1) is 20.7. The van der Waals surface area contributed by atoms with E-state index in [0.29, 0.717) is 26.3 Å². The number of rotatable bonds is 9. The van der Waals surface area contributed by atoms with Crippen LogP contribution >= 0.6 is 27.5 Å². The molecule has 3 aromatic rings. The van der Waals surface area contributed by atoms with Crippen LogP contribution in [0.15, 0.2) is 71.2 Å². The molecule has 0 radical (unpaired) electrons. The molecule has 3 nitrogen and oxygen atoms in total. The Bertz CT molecular complexity index is 902. The van der Waals surface area contributed by atoms with Crippen LogP contribution in [0.25, 0.3) is 0 Å². The van der Waals surface area contributed by atoms with Crippen molar-refractivity contribution in [2.45, 2.75) is 26.6 Å². The van der Waals surface area contributed by atoms with Crippen LogP contribution in [0.4, 0.5) is 0 Å². The lowest BCUT2D eigenvalue weighted by atomic mass is 10.1. The predicted molar refractivity (Wildman–Crippen MR) is 118 cm³/mol. The molecule has 0 amide bonds. The predicted octanol–water partition coefficient (Wildman–Crippen LogP) is 6.37. The van der Waals surface area contributed by atoms with Gasteiger partial charge in [0.25, 0.3) is 0 Å². The summed E-state index contributed by atoms with van der Waals surface area (Å²) in [6.07, 6.45) is 0. The molecule has 0 fully saturated rings. The minimum atomic E-state index is 0.490. The molecular weight excluding hydrogens is 438 g/mol. The van der Waals surface area contributed by atoms with E-state index in [1.807, 2.05) is 67.6 Å². The topological polar surface area (TPSA) is 30.5 Å². The van der Waals surface area contributed by atoms with Crippen molar-refractivity contribution in [3.05, 3.63) is 92.9 Å². The molecular formula is C23H23BrClNO2. The normalized spacial score (nSPS) is 10.7. The molecule has 3 rings (SSSR count). The van der Waals surface area contributed by atoms with Crippen LogP contribution in [0.1, 0.15) is 23.6 Å². The van der Waals surface area contributed by atoms with Gasteiger partial charge < -0.3 is 14.8 Å². The van der Waals surface area contributed by atoms with Crippen molar-refractivity contribution in [3.8, 4) is 11.5 Å². The Kier molecular flexibility index (Phi) is 7.78. The summed E-state index contributed by atoms with van der Waals surface area (Å²) in [5.41, 5.74) is 3.30. The lowest BCUT2D eigenvalue weighted by molar-refractivity contribution is 0.267. The summed E-state index contributed by atoms with van der Waals surface area (Å²) >= 11 is 9.86. The van der Waals surface area contributed by atoms with Crippen molar-refractivity contribution in [1.82, 2.24) is 5.32 Å². The zero-order valence-corrected chi connectivity index (χ0v) is 18.1. The first-order chi connectivity index (χ1) is 13.7. The van der Waals surface area contributed by atoms with Gasteiger partial charge >= 0.3 is 0 Å². The summed E-state index contributed by atoms with van der Waals surface area (Å²) in [5, 5.41) is 4.20. The Morgan fingerprint density at radius 2 is 1.64 bits per heavy atom. The highest BCUT2D eigenvalue weighted by molar-refractivity contribution is 9.10. The number of halogens is 2. The third-order valence-corrected chi connectivity index (χ3v) is 5.16. The number of hydrogen-bond acceptors (Lipinski definition) is 3. The standard InChI is InChI=1S/C23H23BrClNO2/c1-2-27-22-13-18(14-26-15-19-10-6-7-11-21(19)25)12-20(24)23(22)28-16-17-8-4-3-5-9-17/h3-13,26H,2,14-16H2,1H3. The average Bonchev–Trinajstić information content (AvgIpc) is 2.70. The molecule has 5 heteroatoms. The maximum Gasteiger partial charge on any atom is 0.175 e. The first-order valence-corrected chi connectivity index (χ1v) is 10.4. The van der Waals surface area contributed by atoms with Crippen molar-refractivity contribution in [3.63, 3.8) is 0 Å². The molecule has 0 atom stereocenters. The summed E-state index contributed by atoms with van der Waals surface area (Å²) in [5.74, 6) is 1.46. The van der Waals surface area contributed by atoms with E-state index in [0.717, 1.165) is 37.7 Å². The van der Waals surface area contributed by atoms with Crippen LogP contribution < -0.4 is 14.8 Å². The Morgan fingerprint density at radius 3 is 2.39 bits per heavy atom. The van der Waals surface area contributed by atoms with Crippen LogP contribution in [0.5, 0.6) is 11.5 Å². The van der Waals surface area contributed by atoms with E-state index in [2.05, 4.69) is 27.3 Å². The van der Waals surface area contributed by atoms with Crippen molar-refractivity contribution in [1.29, 1.82) is 0 Å². The minimum Gasteiger partial charge on any atom is -0.490 e. The maximum absolute atomic E-state index is 6.22. The van der Waals surface area contributed by atoms with Gasteiger partial charge in [0.05, 0.1) is 11.1 Å². The summed E-state index contributed by atoms with van der Waals surface area (Å²) in [6, 6.07) is 22.0. The molecule has 3 aromatic carbocycles. The van der Waals surface area contributed by atoms with Crippen LogP contribution in [0.3, 0.4) is 0 Å². The van der Waals surface area contributed by atoms with Crippen LogP contribution in [-0.2, 0) is 19.7 Å². The summed E-state index contributed by atoms with van der Waals surface area (Å²) < 4.78 is 12.7. The summed E-state index contributed by atoms with van der Waals surface area (Å²) in [4.78, 5) is 0. The number of nitrogens with one attached hydrogen (secondary N) is 1. The molecule has 0 saturated carbocycles. The van der Waals surface area contributed by atoms with E-state index in [9.17, 15) is 0 Å². The molecule has 0 aliphatic heterocycles. The molecule has 0 spiro atoms. The van der Waals surface area contributed by atoms with Gasteiger partial charge in [0.15, 0.2) is 11.5 Å². The second-order valence-corrected chi connectivity index (χ2v) is 7.57. The Balaban J connectivity index is 1.68. The number of hydrogen-bond donors (Lipinski definition) is 1. The fourth-order valence-corrected chi connectivity index (χ4v) is 3.65. The van der Waals surface area contributed by atoms with Gasteiger partial charge in [-0.15, -0.1) is 0 Å². The van der Waals surface area contributed by atoms with Crippen molar-refractivity contribution < 1.29 is 9.47 Å². The Hall–Kier alpha value is -2.01.